The minimum absolute atomic E-state index is 0.0618. The van der Waals surface area contributed by atoms with Gasteiger partial charge in [-0.25, -0.2) is 0 Å². The highest BCUT2D eigenvalue weighted by Crippen LogP contribution is 2.31. The van der Waals surface area contributed by atoms with E-state index in [9.17, 15) is 13.2 Å². The molecule has 0 saturated heterocycles. The van der Waals surface area contributed by atoms with Gasteiger partial charge in [0.1, 0.15) is 11.5 Å². The number of ether oxygens (including phenoxy) is 4. The molecular weight excluding hydrogens is 465 g/mol. The zero-order chi connectivity index (χ0) is 25.0. The van der Waals surface area contributed by atoms with Crippen LogP contribution in [0.15, 0.2) is 47.4 Å². The molecule has 8 heteroatoms. The first-order valence-electron chi connectivity index (χ1n) is 11.7. The molecule has 0 radical (unpaired) electrons. The predicted octanol–water partition coefficient (Wildman–Crippen LogP) is 7.38. The summed E-state index contributed by atoms with van der Waals surface area (Å²) in [6.45, 7) is 10.0. The monoisotopic (exact) mass is 500 g/mol. The Hall–Kier alpha value is -1.90. The van der Waals surface area contributed by atoms with E-state index in [1.165, 1.54) is 12.1 Å². The lowest BCUT2D eigenvalue weighted by Gasteiger charge is -2.24. The molecule has 1 atom stereocenters. The van der Waals surface area contributed by atoms with Gasteiger partial charge in [0.05, 0.1) is 18.8 Å². The first-order valence-corrected chi connectivity index (χ1v) is 12.6. The number of aryl methyl sites for hydroxylation is 1. The highest BCUT2D eigenvalue weighted by Gasteiger charge is 2.30. The van der Waals surface area contributed by atoms with Gasteiger partial charge in [-0.3, -0.25) is 0 Å². The largest absolute Gasteiger partial charge is 0.493 e. The molecule has 0 aromatic heterocycles. The topological polar surface area (TPSA) is 36.9 Å². The van der Waals surface area contributed by atoms with E-state index in [0.29, 0.717) is 38.6 Å². The lowest BCUT2D eigenvalue weighted by atomic mass is 10.1. The van der Waals surface area contributed by atoms with Gasteiger partial charge in [-0.15, -0.1) is 11.8 Å². The van der Waals surface area contributed by atoms with Crippen molar-refractivity contribution in [3.63, 3.8) is 0 Å². The van der Waals surface area contributed by atoms with Crippen LogP contribution in [0, 0.1) is 12.8 Å². The zero-order valence-corrected chi connectivity index (χ0v) is 21.1. The maximum atomic E-state index is 12.8. The summed E-state index contributed by atoms with van der Waals surface area (Å²) < 4.78 is 61.5. The van der Waals surface area contributed by atoms with Crippen LogP contribution in [0.4, 0.5) is 13.2 Å². The molecule has 2 aromatic rings. The van der Waals surface area contributed by atoms with Crippen molar-refractivity contribution in [1.29, 1.82) is 0 Å². The fourth-order valence-electron chi connectivity index (χ4n) is 3.27. The van der Waals surface area contributed by atoms with Crippen molar-refractivity contribution in [2.75, 3.05) is 32.2 Å². The van der Waals surface area contributed by atoms with Crippen molar-refractivity contribution in [3.8, 4) is 11.5 Å². The highest BCUT2D eigenvalue weighted by molar-refractivity contribution is 7.99. The third-order valence-corrected chi connectivity index (χ3v) is 6.22. The lowest BCUT2D eigenvalue weighted by molar-refractivity contribution is -0.146. The van der Waals surface area contributed by atoms with E-state index in [4.69, 9.17) is 18.9 Å². The molecule has 0 aliphatic heterocycles. The van der Waals surface area contributed by atoms with Gasteiger partial charge in [-0.05, 0) is 75.2 Å². The zero-order valence-electron chi connectivity index (χ0n) is 20.3. The molecule has 0 fully saturated rings. The number of hydrogen-bond donors (Lipinski definition) is 0. The third-order valence-electron chi connectivity index (χ3n) is 4.99. The molecule has 190 valence electrons. The number of benzene rings is 2. The molecule has 0 saturated carbocycles. The molecule has 2 aromatic carbocycles. The molecule has 0 heterocycles. The lowest BCUT2D eigenvalue weighted by Crippen LogP contribution is -2.26. The van der Waals surface area contributed by atoms with Gasteiger partial charge < -0.3 is 18.9 Å². The van der Waals surface area contributed by atoms with Crippen LogP contribution in [-0.4, -0.2) is 38.5 Å². The molecule has 0 aliphatic rings. The first kappa shape index (κ1) is 28.3. The molecule has 0 N–H and O–H groups in total. The predicted molar refractivity (Wildman–Crippen MR) is 130 cm³/mol. The van der Waals surface area contributed by atoms with Crippen LogP contribution >= 0.6 is 11.8 Å². The average Bonchev–Trinajstić information content (AvgIpc) is 2.80. The fourth-order valence-corrected chi connectivity index (χ4v) is 4.35. The van der Waals surface area contributed by atoms with Gasteiger partial charge in [0.15, 0.2) is 6.29 Å². The average molecular weight is 501 g/mol. The molecule has 0 aliphatic carbocycles. The Bertz CT molecular complexity index is 837. The van der Waals surface area contributed by atoms with Crippen molar-refractivity contribution < 1.29 is 32.1 Å². The molecule has 4 nitrogen and oxygen atoms in total. The van der Waals surface area contributed by atoms with Crippen LogP contribution in [0.25, 0.3) is 0 Å². The Morgan fingerprint density at radius 2 is 1.59 bits per heavy atom. The smallest absolute Gasteiger partial charge is 0.416 e. The number of rotatable bonds is 15. The summed E-state index contributed by atoms with van der Waals surface area (Å²) in [5, 5.41) is 0. The van der Waals surface area contributed by atoms with Gasteiger partial charge in [0.2, 0.25) is 0 Å². The number of alkyl halides is 3. The van der Waals surface area contributed by atoms with E-state index in [2.05, 4.69) is 13.0 Å². The molecule has 0 bridgehead atoms. The number of thioether (sulfide) groups is 1. The Labute approximate surface area is 205 Å². The quantitative estimate of drug-likeness (QED) is 0.188. The van der Waals surface area contributed by atoms with Crippen LogP contribution < -0.4 is 9.47 Å². The van der Waals surface area contributed by atoms with Gasteiger partial charge in [0, 0.05) is 36.2 Å². The maximum Gasteiger partial charge on any atom is 0.416 e. The van der Waals surface area contributed by atoms with Gasteiger partial charge in [-0.1, -0.05) is 6.92 Å². The normalized spacial score (nSPS) is 12.7. The third kappa shape index (κ3) is 9.76. The summed E-state index contributed by atoms with van der Waals surface area (Å²) >= 11 is 1.70. The molecular formula is C26H35F3O4S. The van der Waals surface area contributed by atoms with E-state index in [1.54, 1.807) is 11.8 Å². The van der Waals surface area contributed by atoms with Crippen molar-refractivity contribution in [3.05, 3.63) is 53.6 Å². The Balaban J connectivity index is 2.04. The molecule has 0 spiro atoms. The second-order valence-corrected chi connectivity index (χ2v) is 8.96. The Morgan fingerprint density at radius 3 is 2.15 bits per heavy atom. The van der Waals surface area contributed by atoms with Crippen molar-refractivity contribution in [1.82, 2.24) is 0 Å². The SMILES string of the molecule is CCCOc1ccc(SCC(COc2ccc(C(F)(F)F)cc2)CC(OCC)OCC)cc1C. The maximum absolute atomic E-state index is 12.8. The summed E-state index contributed by atoms with van der Waals surface area (Å²) in [4.78, 5) is 1.12. The molecule has 1 unspecified atom stereocenters. The Kier molecular flexibility index (Phi) is 12.1. The number of hydrogen-bond acceptors (Lipinski definition) is 5. The van der Waals surface area contributed by atoms with E-state index < -0.39 is 11.7 Å². The van der Waals surface area contributed by atoms with Crippen molar-refractivity contribution >= 4 is 11.8 Å². The van der Waals surface area contributed by atoms with Crippen LogP contribution in [0.5, 0.6) is 11.5 Å². The van der Waals surface area contributed by atoms with Gasteiger partial charge in [0.25, 0.3) is 0 Å². The minimum Gasteiger partial charge on any atom is -0.493 e. The van der Waals surface area contributed by atoms with Crippen LogP contribution in [-0.2, 0) is 15.7 Å². The minimum atomic E-state index is -4.37. The van der Waals surface area contributed by atoms with E-state index in [1.807, 2.05) is 32.9 Å². The second-order valence-electron chi connectivity index (χ2n) is 7.86. The fraction of sp³-hybridized carbons (Fsp3) is 0.538. The summed E-state index contributed by atoms with van der Waals surface area (Å²) in [5.41, 5.74) is 0.388. The first-order chi connectivity index (χ1) is 16.3. The van der Waals surface area contributed by atoms with Crippen LogP contribution in [0.2, 0.25) is 0 Å². The molecule has 2 rings (SSSR count). The molecule has 0 amide bonds. The van der Waals surface area contributed by atoms with E-state index in [-0.39, 0.29) is 12.2 Å². The van der Waals surface area contributed by atoms with Crippen LogP contribution in [0.1, 0.15) is 44.7 Å². The van der Waals surface area contributed by atoms with Crippen molar-refractivity contribution in [2.45, 2.75) is 57.9 Å². The Morgan fingerprint density at radius 1 is 0.912 bits per heavy atom. The van der Waals surface area contributed by atoms with E-state index >= 15 is 0 Å². The highest BCUT2D eigenvalue weighted by atomic mass is 32.2. The number of halogens is 3. The summed E-state index contributed by atoms with van der Waals surface area (Å²) in [5.74, 6) is 2.10. The summed E-state index contributed by atoms with van der Waals surface area (Å²) in [7, 11) is 0. The van der Waals surface area contributed by atoms with Gasteiger partial charge in [-0.2, -0.15) is 13.2 Å². The summed E-state index contributed by atoms with van der Waals surface area (Å²) in [6.07, 6.45) is -3.15. The van der Waals surface area contributed by atoms with Crippen molar-refractivity contribution in [2.24, 2.45) is 5.92 Å². The van der Waals surface area contributed by atoms with E-state index in [0.717, 1.165) is 40.5 Å². The standard InChI is InChI=1S/C26H35F3O4S/c1-5-14-32-24-13-12-23(15-19(24)4)34-18-20(16-25(30-6-2)31-7-3)17-33-22-10-8-21(9-11-22)26(27,28)29/h8-13,15,20,25H,5-7,14,16-18H2,1-4H3. The summed E-state index contributed by atoms with van der Waals surface area (Å²) in [6, 6.07) is 10.9. The van der Waals surface area contributed by atoms with Gasteiger partial charge >= 0.3 is 6.18 Å². The van der Waals surface area contributed by atoms with Crippen LogP contribution in [0.3, 0.4) is 0 Å². The second kappa shape index (κ2) is 14.5. The molecule has 34 heavy (non-hydrogen) atoms.